The molecule has 6 heteroatoms. The molecule has 38 heavy (non-hydrogen) atoms. The lowest BCUT2D eigenvalue weighted by atomic mass is 9.92. The Kier molecular flexibility index (Phi) is 9.99. The number of ether oxygens (including phenoxy) is 1. The summed E-state index contributed by atoms with van der Waals surface area (Å²) < 4.78 is 18.8. The summed E-state index contributed by atoms with van der Waals surface area (Å²) in [6, 6.07) is 39.0. The second-order valence-electron chi connectivity index (χ2n) is 8.87. The fourth-order valence-corrected chi connectivity index (χ4v) is 5.85. The second-order valence-corrected chi connectivity index (χ2v) is 10.5. The van der Waals surface area contributed by atoms with Crippen molar-refractivity contribution in [3.63, 3.8) is 0 Å². The van der Waals surface area contributed by atoms with E-state index < -0.39 is 16.8 Å². The van der Waals surface area contributed by atoms with Gasteiger partial charge in [-0.3, -0.25) is 13.8 Å². The lowest BCUT2D eigenvalue weighted by Gasteiger charge is -2.18. The van der Waals surface area contributed by atoms with Crippen LogP contribution < -0.4 is 5.32 Å². The van der Waals surface area contributed by atoms with E-state index in [1.807, 2.05) is 121 Å². The number of amides is 1. The van der Waals surface area contributed by atoms with Gasteiger partial charge in [0.1, 0.15) is 13.2 Å². The molecule has 5 nitrogen and oxygen atoms in total. The molecule has 0 saturated carbocycles. The van der Waals surface area contributed by atoms with Crippen LogP contribution in [0.25, 0.3) is 0 Å². The SMILES string of the molecule is O=C(CCS(=O)C(c1ccccc1)c1ccccc1)NCC(=O)OCC(c1ccccc1)c1ccccc1. The van der Waals surface area contributed by atoms with Gasteiger partial charge in [0.15, 0.2) is 0 Å². The number of carbonyl (C=O) groups is 2. The minimum absolute atomic E-state index is 0.0483. The summed E-state index contributed by atoms with van der Waals surface area (Å²) >= 11 is 0. The van der Waals surface area contributed by atoms with Gasteiger partial charge in [0.2, 0.25) is 5.91 Å². The molecule has 194 valence electrons. The Bertz CT molecular complexity index is 1240. The number of esters is 1. The first-order valence-electron chi connectivity index (χ1n) is 12.6. The minimum atomic E-state index is -1.32. The molecule has 1 unspecified atom stereocenters. The van der Waals surface area contributed by atoms with Gasteiger partial charge in [0.05, 0.1) is 5.25 Å². The molecule has 0 aliphatic heterocycles. The maximum atomic E-state index is 13.3. The molecule has 0 fully saturated rings. The maximum Gasteiger partial charge on any atom is 0.325 e. The molecule has 0 aliphatic rings. The van der Waals surface area contributed by atoms with Crippen molar-refractivity contribution in [2.75, 3.05) is 18.9 Å². The van der Waals surface area contributed by atoms with Crippen LogP contribution in [0.5, 0.6) is 0 Å². The molecule has 0 spiro atoms. The van der Waals surface area contributed by atoms with Crippen LogP contribution in [-0.4, -0.2) is 35.0 Å². The summed E-state index contributed by atoms with van der Waals surface area (Å²) in [5, 5.41) is 2.28. The smallest absolute Gasteiger partial charge is 0.325 e. The van der Waals surface area contributed by atoms with Gasteiger partial charge in [-0.05, 0) is 22.3 Å². The van der Waals surface area contributed by atoms with E-state index in [9.17, 15) is 13.8 Å². The monoisotopic (exact) mass is 525 g/mol. The highest BCUT2D eigenvalue weighted by Gasteiger charge is 2.22. The average Bonchev–Trinajstić information content (AvgIpc) is 2.97. The van der Waals surface area contributed by atoms with Crippen LogP contribution in [0.1, 0.15) is 39.8 Å². The van der Waals surface area contributed by atoms with Crippen LogP contribution in [0.15, 0.2) is 121 Å². The summed E-state index contributed by atoms with van der Waals surface area (Å²) in [5.41, 5.74) is 3.97. The van der Waals surface area contributed by atoms with Gasteiger partial charge >= 0.3 is 5.97 Å². The lowest BCUT2D eigenvalue weighted by molar-refractivity contribution is -0.144. The molecule has 0 aliphatic carbocycles. The standard InChI is InChI=1S/C32H31NO4S/c34-30(21-22-38(36)32(27-17-9-3-10-18-27)28-19-11-4-12-20-28)33-23-31(35)37-24-29(25-13-5-1-6-14-25)26-15-7-2-8-16-26/h1-20,29,32H,21-24H2,(H,33,34). The molecule has 1 amide bonds. The van der Waals surface area contributed by atoms with E-state index in [1.54, 1.807) is 0 Å². The highest BCUT2D eigenvalue weighted by Crippen LogP contribution is 2.28. The lowest BCUT2D eigenvalue weighted by Crippen LogP contribution is -2.32. The predicted octanol–water partition coefficient (Wildman–Crippen LogP) is 5.41. The van der Waals surface area contributed by atoms with Gasteiger partial charge in [-0.15, -0.1) is 0 Å². The third-order valence-electron chi connectivity index (χ3n) is 6.24. The number of rotatable bonds is 12. The molecular weight excluding hydrogens is 494 g/mol. The number of carbonyl (C=O) groups excluding carboxylic acids is 2. The zero-order chi connectivity index (χ0) is 26.6. The molecule has 0 aromatic heterocycles. The summed E-state index contributed by atoms with van der Waals surface area (Å²) in [6.07, 6.45) is 0.0483. The molecule has 4 aromatic carbocycles. The molecule has 0 saturated heterocycles. The average molecular weight is 526 g/mol. The Morgan fingerprint density at radius 3 is 1.53 bits per heavy atom. The molecule has 1 atom stereocenters. The van der Waals surface area contributed by atoms with Crippen molar-refractivity contribution in [3.8, 4) is 0 Å². The van der Waals surface area contributed by atoms with Gasteiger partial charge in [0.25, 0.3) is 0 Å². The summed E-state index contributed by atoms with van der Waals surface area (Å²) in [5.74, 6) is -0.771. The minimum Gasteiger partial charge on any atom is -0.463 e. The Hall–Kier alpha value is -4.03. The van der Waals surface area contributed by atoms with Crippen LogP contribution in [-0.2, 0) is 25.1 Å². The van der Waals surface area contributed by atoms with Crippen LogP contribution in [0.2, 0.25) is 0 Å². The van der Waals surface area contributed by atoms with Crippen LogP contribution in [0.3, 0.4) is 0 Å². The molecule has 0 radical (unpaired) electrons. The van der Waals surface area contributed by atoms with E-state index in [0.29, 0.717) is 0 Å². The Morgan fingerprint density at radius 1 is 0.658 bits per heavy atom. The molecule has 0 bridgehead atoms. The largest absolute Gasteiger partial charge is 0.463 e. The molecule has 0 heterocycles. The summed E-state index contributed by atoms with van der Waals surface area (Å²) in [6.45, 7) is -0.0643. The van der Waals surface area contributed by atoms with E-state index in [-0.39, 0.29) is 42.4 Å². The highest BCUT2D eigenvalue weighted by molar-refractivity contribution is 7.85. The third kappa shape index (κ3) is 7.73. The molecule has 4 rings (SSSR count). The van der Waals surface area contributed by atoms with Crippen molar-refractivity contribution in [2.45, 2.75) is 17.6 Å². The number of benzene rings is 4. The maximum absolute atomic E-state index is 13.3. The van der Waals surface area contributed by atoms with Gasteiger partial charge in [-0.1, -0.05) is 121 Å². The molecule has 4 aromatic rings. The topological polar surface area (TPSA) is 72.5 Å². The summed E-state index contributed by atoms with van der Waals surface area (Å²) in [7, 11) is -1.32. The number of hydrogen-bond acceptors (Lipinski definition) is 4. The van der Waals surface area contributed by atoms with Crippen molar-refractivity contribution in [2.24, 2.45) is 0 Å². The van der Waals surface area contributed by atoms with Crippen molar-refractivity contribution < 1.29 is 18.5 Å². The van der Waals surface area contributed by atoms with Crippen LogP contribution >= 0.6 is 0 Å². The highest BCUT2D eigenvalue weighted by atomic mass is 32.2. The zero-order valence-corrected chi connectivity index (χ0v) is 21.9. The Labute approximate surface area is 226 Å². The quantitative estimate of drug-likeness (QED) is 0.251. The van der Waals surface area contributed by atoms with Gasteiger partial charge in [-0.25, -0.2) is 0 Å². The first-order valence-corrected chi connectivity index (χ1v) is 14.0. The first kappa shape index (κ1) is 27.0. The summed E-state index contributed by atoms with van der Waals surface area (Å²) in [4.78, 5) is 24.9. The fraction of sp³-hybridized carbons (Fsp3) is 0.188. The third-order valence-corrected chi connectivity index (χ3v) is 7.92. The van der Waals surface area contributed by atoms with Gasteiger partial charge < -0.3 is 10.1 Å². The molecule has 1 N–H and O–H groups in total. The van der Waals surface area contributed by atoms with Crippen molar-refractivity contribution in [1.29, 1.82) is 0 Å². The van der Waals surface area contributed by atoms with Crippen molar-refractivity contribution in [3.05, 3.63) is 144 Å². The number of hydrogen-bond donors (Lipinski definition) is 1. The van der Waals surface area contributed by atoms with E-state index in [0.717, 1.165) is 22.3 Å². The first-order chi connectivity index (χ1) is 18.6. The van der Waals surface area contributed by atoms with E-state index in [2.05, 4.69) is 5.32 Å². The normalized spacial score (nSPS) is 11.7. The van der Waals surface area contributed by atoms with Crippen molar-refractivity contribution in [1.82, 2.24) is 5.32 Å². The van der Waals surface area contributed by atoms with Gasteiger partial charge in [-0.2, -0.15) is 0 Å². The van der Waals surface area contributed by atoms with Crippen LogP contribution in [0, 0.1) is 0 Å². The van der Waals surface area contributed by atoms with E-state index in [4.69, 9.17) is 4.74 Å². The Balaban J connectivity index is 1.28. The zero-order valence-electron chi connectivity index (χ0n) is 21.1. The molecular formula is C32H31NO4S. The van der Waals surface area contributed by atoms with E-state index >= 15 is 0 Å². The predicted molar refractivity (Wildman–Crippen MR) is 151 cm³/mol. The van der Waals surface area contributed by atoms with Gasteiger partial charge in [0, 0.05) is 28.9 Å². The fourth-order valence-electron chi connectivity index (χ4n) is 4.30. The second kappa shape index (κ2) is 14.1. The Morgan fingerprint density at radius 2 is 1.08 bits per heavy atom. The van der Waals surface area contributed by atoms with Crippen LogP contribution in [0.4, 0.5) is 0 Å². The number of nitrogens with one attached hydrogen (secondary N) is 1. The van der Waals surface area contributed by atoms with E-state index in [1.165, 1.54) is 0 Å². The van der Waals surface area contributed by atoms with Crippen molar-refractivity contribution >= 4 is 22.7 Å².